The summed E-state index contributed by atoms with van der Waals surface area (Å²) in [6.07, 6.45) is 0. The van der Waals surface area contributed by atoms with Crippen LogP contribution in [0.4, 0.5) is 34.1 Å². The third kappa shape index (κ3) is 8.75. The van der Waals surface area contributed by atoms with Gasteiger partial charge in [0, 0.05) is 55.8 Å². The molecule has 0 saturated heterocycles. The first-order valence-electron chi connectivity index (χ1n) is 33.6. The van der Waals surface area contributed by atoms with Gasteiger partial charge in [0.1, 0.15) is 0 Å². The van der Waals surface area contributed by atoms with Crippen molar-refractivity contribution in [2.45, 2.75) is 26.2 Å². The van der Waals surface area contributed by atoms with E-state index in [4.69, 9.17) is 0 Å². The zero-order valence-electron chi connectivity index (χ0n) is 53.7. The van der Waals surface area contributed by atoms with Crippen LogP contribution in [-0.4, -0.2) is 11.3 Å². The number of nitrogens with zero attached hydrogens (tertiary/aromatic N) is 3. The summed E-state index contributed by atoms with van der Waals surface area (Å²) in [7, 11) is 0. The lowest BCUT2D eigenvalue weighted by atomic mass is 9.33. The maximum Gasteiger partial charge on any atom is 0.252 e. The summed E-state index contributed by atoms with van der Waals surface area (Å²) in [4.78, 5) is 5.35. The van der Waals surface area contributed by atoms with E-state index in [0.29, 0.717) is 0 Å². The summed E-state index contributed by atoms with van der Waals surface area (Å²) >= 11 is 0. The van der Waals surface area contributed by atoms with Crippen molar-refractivity contribution in [3.63, 3.8) is 0 Å². The van der Waals surface area contributed by atoms with E-state index in [9.17, 15) is 0 Å². The second-order valence-corrected chi connectivity index (χ2v) is 27.1. The van der Waals surface area contributed by atoms with Crippen molar-refractivity contribution in [2.75, 3.05) is 9.80 Å². The monoisotopic (exact) mass is 1220 g/mol. The largest absolute Gasteiger partial charge is 0.310 e. The first-order valence-corrected chi connectivity index (χ1v) is 33.6. The zero-order chi connectivity index (χ0) is 63.8. The van der Waals surface area contributed by atoms with Gasteiger partial charge < -0.3 is 14.4 Å². The number of para-hydroxylation sites is 4. The van der Waals surface area contributed by atoms with Crippen LogP contribution in [0.15, 0.2) is 334 Å². The molecule has 0 fully saturated rings. The van der Waals surface area contributed by atoms with E-state index >= 15 is 0 Å². The molecule has 16 aromatic carbocycles. The topological polar surface area (TPSA) is 11.4 Å². The lowest BCUT2D eigenvalue weighted by Crippen LogP contribution is -2.61. The lowest BCUT2D eigenvalue weighted by molar-refractivity contribution is 0.591. The zero-order valence-corrected chi connectivity index (χ0v) is 53.7. The average molecular weight is 1220 g/mol. The van der Waals surface area contributed by atoms with E-state index in [1.807, 2.05) is 0 Å². The Morgan fingerprint density at radius 1 is 0.271 bits per heavy atom. The molecule has 0 spiro atoms. The van der Waals surface area contributed by atoms with Crippen molar-refractivity contribution in [3.8, 4) is 72.4 Å². The molecule has 0 aliphatic carbocycles. The number of hydrogen-bond acceptors (Lipinski definition) is 2. The third-order valence-corrected chi connectivity index (χ3v) is 20.6. The molecular weight excluding hydrogens is 1160 g/mol. The van der Waals surface area contributed by atoms with E-state index in [1.54, 1.807) is 0 Å². The first-order chi connectivity index (χ1) is 47.3. The molecule has 0 unspecified atom stereocenters. The molecular formula is C92H64BN3. The predicted molar refractivity (Wildman–Crippen MR) is 410 cm³/mol. The molecule has 0 radical (unpaired) electrons. The van der Waals surface area contributed by atoms with Crippen LogP contribution in [-0.2, 0) is 5.41 Å². The summed E-state index contributed by atoms with van der Waals surface area (Å²) in [5.41, 5.74) is 29.0. The van der Waals surface area contributed by atoms with Gasteiger partial charge in [-0.05, 0) is 153 Å². The van der Waals surface area contributed by atoms with Crippen molar-refractivity contribution < 1.29 is 0 Å². The first kappa shape index (κ1) is 55.6. The van der Waals surface area contributed by atoms with Crippen LogP contribution < -0.4 is 26.2 Å². The van der Waals surface area contributed by atoms with E-state index in [1.165, 1.54) is 81.7 Å². The highest BCUT2D eigenvalue weighted by Gasteiger charge is 2.46. The molecule has 2 aliphatic heterocycles. The summed E-state index contributed by atoms with van der Waals surface area (Å²) in [6, 6.07) is 126. The van der Waals surface area contributed by atoms with Crippen LogP contribution in [0.1, 0.15) is 26.3 Å². The molecule has 4 heteroatoms. The molecule has 3 nitrogen and oxygen atoms in total. The lowest BCUT2D eigenvalue weighted by Gasteiger charge is -2.46. The maximum absolute atomic E-state index is 2.69. The molecule has 0 N–H and O–H groups in total. The molecule has 0 bridgehead atoms. The third-order valence-electron chi connectivity index (χ3n) is 20.6. The number of hydrogen-bond donors (Lipinski definition) is 0. The van der Waals surface area contributed by atoms with Crippen molar-refractivity contribution in [2.24, 2.45) is 0 Å². The Kier molecular flexibility index (Phi) is 12.6. The van der Waals surface area contributed by atoms with Gasteiger partial charge in [0.2, 0.25) is 0 Å². The number of anilines is 6. The fraction of sp³-hybridized carbons (Fsp3) is 0.0435. The number of aromatic nitrogens is 1. The molecule has 1 aromatic heterocycles. The van der Waals surface area contributed by atoms with Gasteiger partial charge in [0.25, 0.3) is 6.71 Å². The summed E-state index contributed by atoms with van der Waals surface area (Å²) < 4.78 is 2.53. The van der Waals surface area contributed by atoms with Crippen molar-refractivity contribution in [3.05, 3.63) is 339 Å². The highest BCUT2D eigenvalue weighted by molar-refractivity contribution is 7.00. The van der Waals surface area contributed by atoms with Crippen LogP contribution in [0.3, 0.4) is 0 Å². The Morgan fingerprint density at radius 3 is 1.12 bits per heavy atom. The summed E-state index contributed by atoms with van der Waals surface area (Å²) in [5.74, 6) is 0. The molecule has 0 atom stereocenters. The summed E-state index contributed by atoms with van der Waals surface area (Å²) in [5, 5.41) is 10.1. The molecule has 450 valence electrons. The highest BCUT2D eigenvalue weighted by Crippen LogP contribution is 2.54. The van der Waals surface area contributed by atoms with Gasteiger partial charge in [-0.3, -0.25) is 0 Å². The Morgan fingerprint density at radius 2 is 0.667 bits per heavy atom. The Hall–Kier alpha value is -12.0. The minimum absolute atomic E-state index is 0.0269. The van der Waals surface area contributed by atoms with E-state index in [0.717, 1.165) is 101 Å². The smallest absolute Gasteiger partial charge is 0.252 e. The van der Waals surface area contributed by atoms with E-state index < -0.39 is 0 Å². The molecule has 19 rings (SSSR count). The number of benzene rings is 16. The van der Waals surface area contributed by atoms with Crippen LogP contribution in [0.2, 0.25) is 0 Å². The van der Waals surface area contributed by atoms with Crippen LogP contribution >= 0.6 is 0 Å². The van der Waals surface area contributed by atoms with Gasteiger partial charge >= 0.3 is 0 Å². The second-order valence-electron chi connectivity index (χ2n) is 27.1. The summed E-state index contributed by atoms with van der Waals surface area (Å²) in [6.45, 7) is 6.71. The Balaban J connectivity index is 0.976. The van der Waals surface area contributed by atoms with Gasteiger partial charge in [0.15, 0.2) is 0 Å². The minimum atomic E-state index is -0.228. The normalized spacial score (nSPS) is 12.7. The average Bonchev–Trinajstić information content (AvgIpc) is 1.63. The van der Waals surface area contributed by atoms with Gasteiger partial charge in [-0.2, -0.15) is 0 Å². The minimum Gasteiger partial charge on any atom is -0.310 e. The standard InChI is InChI=1S/C92H64BN3/c1-92(2,3)71-53-68-45-43-66-51-70(52-67-44-46-69(54-71)88(68)87(66)67)65-47-49-79-84(56-65)96(91-75(62-31-15-7-16-32-62)39-24-40-76(91)63-33-17-8-18-34-63)86-58-72(94-81-41-21-19-35-77(81)78-36-20-22-42-82(78)94)57-85-89(86)93(79)80-55-64(59-25-9-4-10-26-59)48-50-83(80)95(85)90-73(60-27-11-5-12-28-60)37-23-38-74(90)61-29-13-6-14-30-61/h4-58H,1-3H3. The SMILES string of the molecule is CC(C)(C)c1cc2ccc3cc(-c4ccc5c(c4)N(c4c(-c6ccccc6)cccc4-c4ccccc4)c4cc(-n6c7ccccc7c7ccccc76)cc6c4B5c4cc(-c5ccccc5)ccc4N6c4c(-c5ccccc5)cccc4-c4ccccc4)cc4ccc(c1)c2c34. The van der Waals surface area contributed by atoms with Gasteiger partial charge in [0.05, 0.1) is 28.1 Å². The molecule has 2 aliphatic rings. The van der Waals surface area contributed by atoms with Crippen LogP contribution in [0, 0.1) is 0 Å². The van der Waals surface area contributed by atoms with Crippen molar-refractivity contribution in [1.82, 2.24) is 4.57 Å². The molecule has 0 amide bonds. The van der Waals surface area contributed by atoms with Crippen LogP contribution in [0.5, 0.6) is 0 Å². The molecule has 0 saturated carbocycles. The predicted octanol–water partition coefficient (Wildman–Crippen LogP) is 23.1. The Bertz CT molecular complexity index is 5700. The maximum atomic E-state index is 2.69. The quantitative estimate of drug-likeness (QED) is 0.105. The Labute approximate surface area is 560 Å². The highest BCUT2D eigenvalue weighted by atomic mass is 15.2. The molecule has 96 heavy (non-hydrogen) atoms. The van der Waals surface area contributed by atoms with Gasteiger partial charge in [-0.1, -0.05) is 306 Å². The van der Waals surface area contributed by atoms with E-state index in [2.05, 4.69) is 369 Å². The second kappa shape index (κ2) is 21.8. The fourth-order valence-electron chi connectivity index (χ4n) is 16.2. The molecule has 3 heterocycles. The van der Waals surface area contributed by atoms with Gasteiger partial charge in [-0.25, -0.2) is 0 Å². The van der Waals surface area contributed by atoms with Gasteiger partial charge in [-0.15, -0.1) is 0 Å². The van der Waals surface area contributed by atoms with Crippen LogP contribution in [0.25, 0.3) is 127 Å². The number of fused-ring (bicyclic) bond motifs is 7. The fourth-order valence-corrected chi connectivity index (χ4v) is 16.2. The number of rotatable bonds is 9. The van der Waals surface area contributed by atoms with Crippen molar-refractivity contribution >= 4 is 111 Å². The molecule has 17 aromatic rings. The van der Waals surface area contributed by atoms with Crippen molar-refractivity contribution in [1.29, 1.82) is 0 Å². The van der Waals surface area contributed by atoms with E-state index in [-0.39, 0.29) is 12.1 Å².